The Morgan fingerprint density at radius 2 is 2.38 bits per heavy atom. The molecule has 1 N–H and O–H groups in total. The van der Waals surface area contributed by atoms with Crippen molar-refractivity contribution in [3.8, 4) is 0 Å². The van der Waals surface area contributed by atoms with Crippen LogP contribution in [0.3, 0.4) is 0 Å². The van der Waals surface area contributed by atoms with Crippen molar-refractivity contribution >= 4 is 0 Å². The first kappa shape index (κ1) is 8.75. The molecule has 0 aromatic carbocycles. The molecule has 1 aliphatic rings. The van der Waals surface area contributed by atoms with Crippen molar-refractivity contribution in [2.75, 3.05) is 6.54 Å². The summed E-state index contributed by atoms with van der Waals surface area (Å²) in [6, 6.07) is 2.65. The van der Waals surface area contributed by atoms with Crippen LogP contribution in [-0.2, 0) is 0 Å². The first-order chi connectivity index (χ1) is 6.29. The summed E-state index contributed by atoms with van der Waals surface area (Å²) in [6.45, 7) is 5.58. The van der Waals surface area contributed by atoms with Gasteiger partial charge in [0.1, 0.15) is 0 Å². The summed E-state index contributed by atoms with van der Waals surface area (Å²) in [4.78, 5) is 0. The van der Waals surface area contributed by atoms with Crippen molar-refractivity contribution in [1.82, 2.24) is 10.00 Å². The second-order valence-corrected chi connectivity index (χ2v) is 3.96. The number of hydrogen-bond donors (Lipinski definition) is 1. The summed E-state index contributed by atoms with van der Waals surface area (Å²) in [6.07, 6.45) is 7.35. The SMILES string of the molecule is CC(C)n1ccc[n+]1C1CCCN1. The van der Waals surface area contributed by atoms with Gasteiger partial charge < -0.3 is 0 Å². The minimum absolute atomic E-state index is 0.511. The van der Waals surface area contributed by atoms with Gasteiger partial charge in [0.05, 0.1) is 12.2 Å². The van der Waals surface area contributed by atoms with Crippen molar-refractivity contribution in [2.45, 2.75) is 38.9 Å². The van der Waals surface area contributed by atoms with Gasteiger partial charge in [0.25, 0.3) is 0 Å². The summed E-state index contributed by atoms with van der Waals surface area (Å²) in [5.74, 6) is 0. The first-order valence-electron chi connectivity index (χ1n) is 5.10. The molecule has 1 aromatic heterocycles. The molecular formula is C10H18N3+. The molecular weight excluding hydrogens is 162 g/mol. The lowest BCUT2D eigenvalue weighted by Gasteiger charge is -2.10. The van der Waals surface area contributed by atoms with Crippen molar-refractivity contribution in [3.63, 3.8) is 0 Å². The third-order valence-corrected chi connectivity index (χ3v) is 2.63. The van der Waals surface area contributed by atoms with E-state index in [4.69, 9.17) is 0 Å². The highest BCUT2D eigenvalue weighted by Gasteiger charge is 2.26. The second-order valence-electron chi connectivity index (χ2n) is 3.96. The van der Waals surface area contributed by atoms with Gasteiger partial charge in [-0.15, -0.1) is 0 Å². The van der Waals surface area contributed by atoms with E-state index in [2.05, 4.69) is 47.0 Å². The molecule has 2 rings (SSSR count). The second kappa shape index (κ2) is 3.50. The zero-order valence-electron chi connectivity index (χ0n) is 8.40. The zero-order valence-corrected chi connectivity index (χ0v) is 8.40. The Labute approximate surface area is 79.3 Å². The van der Waals surface area contributed by atoms with E-state index < -0.39 is 0 Å². The third-order valence-electron chi connectivity index (χ3n) is 2.63. The predicted molar refractivity (Wildman–Crippen MR) is 51.3 cm³/mol. The predicted octanol–water partition coefficient (Wildman–Crippen LogP) is 1.24. The van der Waals surface area contributed by atoms with Gasteiger partial charge in [-0.05, 0) is 20.3 Å². The lowest BCUT2D eigenvalue weighted by molar-refractivity contribution is -0.802. The molecule has 2 heterocycles. The highest BCUT2D eigenvalue weighted by atomic mass is 15.5. The molecule has 0 radical (unpaired) electrons. The van der Waals surface area contributed by atoms with Gasteiger partial charge in [-0.25, -0.2) is 0 Å². The monoisotopic (exact) mass is 180 g/mol. The molecule has 0 spiro atoms. The van der Waals surface area contributed by atoms with E-state index in [9.17, 15) is 0 Å². The zero-order chi connectivity index (χ0) is 9.26. The molecule has 13 heavy (non-hydrogen) atoms. The Kier molecular flexibility index (Phi) is 2.36. The summed E-state index contributed by atoms with van der Waals surface area (Å²) < 4.78 is 4.58. The van der Waals surface area contributed by atoms with Crippen LogP contribution in [0.1, 0.15) is 38.9 Å². The molecule has 3 nitrogen and oxygen atoms in total. The number of aromatic nitrogens is 2. The molecule has 1 aromatic rings. The van der Waals surface area contributed by atoms with E-state index in [1.165, 1.54) is 12.8 Å². The Morgan fingerprint density at radius 3 is 3.00 bits per heavy atom. The molecule has 0 bridgehead atoms. The number of nitrogens with zero attached hydrogens (tertiary/aromatic N) is 2. The van der Waals surface area contributed by atoms with Crippen molar-refractivity contribution < 1.29 is 4.68 Å². The van der Waals surface area contributed by atoms with Crippen molar-refractivity contribution in [3.05, 3.63) is 18.5 Å². The highest BCUT2D eigenvalue weighted by Crippen LogP contribution is 2.11. The van der Waals surface area contributed by atoms with Crippen LogP contribution in [0.4, 0.5) is 0 Å². The summed E-state index contributed by atoms with van der Waals surface area (Å²) >= 11 is 0. The van der Waals surface area contributed by atoms with Crippen LogP contribution in [0, 0.1) is 0 Å². The number of nitrogens with one attached hydrogen (secondary N) is 1. The Balaban J connectivity index is 2.23. The van der Waals surface area contributed by atoms with Crippen LogP contribution in [0.5, 0.6) is 0 Å². The average molecular weight is 180 g/mol. The molecule has 0 aliphatic carbocycles. The minimum Gasteiger partial charge on any atom is -0.257 e. The molecule has 0 saturated carbocycles. The van der Waals surface area contributed by atoms with Crippen LogP contribution in [0.15, 0.2) is 18.5 Å². The Bertz CT molecular complexity index is 271. The van der Waals surface area contributed by atoms with E-state index in [1.54, 1.807) is 0 Å². The van der Waals surface area contributed by atoms with Crippen LogP contribution in [0.2, 0.25) is 0 Å². The van der Waals surface area contributed by atoms with Gasteiger partial charge >= 0.3 is 0 Å². The molecule has 0 amide bonds. The molecule has 72 valence electrons. The van der Waals surface area contributed by atoms with Crippen LogP contribution in [0.25, 0.3) is 0 Å². The highest BCUT2D eigenvalue weighted by molar-refractivity contribution is 4.75. The maximum atomic E-state index is 3.50. The minimum atomic E-state index is 0.511. The normalized spacial score (nSPS) is 22.8. The smallest absolute Gasteiger partial charge is 0.235 e. The van der Waals surface area contributed by atoms with Gasteiger partial charge in [0, 0.05) is 19.0 Å². The van der Waals surface area contributed by atoms with E-state index in [1.807, 2.05) is 0 Å². The van der Waals surface area contributed by atoms with E-state index in [0.717, 1.165) is 6.54 Å². The van der Waals surface area contributed by atoms with E-state index >= 15 is 0 Å². The molecule has 1 atom stereocenters. The van der Waals surface area contributed by atoms with E-state index in [0.29, 0.717) is 12.2 Å². The van der Waals surface area contributed by atoms with Gasteiger partial charge in [0.15, 0.2) is 6.20 Å². The summed E-state index contributed by atoms with van der Waals surface area (Å²) in [7, 11) is 0. The topological polar surface area (TPSA) is 20.8 Å². The molecule has 1 aliphatic heterocycles. The quantitative estimate of drug-likeness (QED) is 0.679. The third kappa shape index (κ3) is 1.61. The van der Waals surface area contributed by atoms with Gasteiger partial charge in [-0.3, -0.25) is 5.32 Å². The van der Waals surface area contributed by atoms with Gasteiger partial charge in [-0.1, -0.05) is 4.68 Å². The molecule has 3 heteroatoms. The Hall–Kier alpha value is -0.830. The van der Waals surface area contributed by atoms with Gasteiger partial charge in [0.2, 0.25) is 6.17 Å². The summed E-state index contributed by atoms with van der Waals surface area (Å²) in [5.41, 5.74) is 0. The average Bonchev–Trinajstić information content (AvgIpc) is 2.74. The van der Waals surface area contributed by atoms with Crippen LogP contribution < -0.4 is 10.00 Å². The maximum Gasteiger partial charge on any atom is 0.235 e. The molecule has 1 unspecified atom stereocenters. The van der Waals surface area contributed by atoms with Crippen LogP contribution >= 0.6 is 0 Å². The number of rotatable bonds is 2. The number of hydrogen-bond acceptors (Lipinski definition) is 1. The van der Waals surface area contributed by atoms with Crippen molar-refractivity contribution in [1.29, 1.82) is 0 Å². The van der Waals surface area contributed by atoms with Crippen LogP contribution in [-0.4, -0.2) is 11.2 Å². The van der Waals surface area contributed by atoms with E-state index in [-0.39, 0.29) is 0 Å². The first-order valence-corrected chi connectivity index (χ1v) is 5.10. The standard InChI is InChI=1S/C10H18N3/c1-9(2)12-7-4-8-13(12)10-5-3-6-11-10/h4,7-11H,3,5-6H2,1-2H3/q+1. The maximum absolute atomic E-state index is 3.50. The fourth-order valence-corrected chi connectivity index (χ4v) is 1.96. The lowest BCUT2D eigenvalue weighted by atomic mass is 10.3. The van der Waals surface area contributed by atoms with Crippen molar-refractivity contribution in [2.24, 2.45) is 0 Å². The fourth-order valence-electron chi connectivity index (χ4n) is 1.96. The lowest BCUT2D eigenvalue weighted by Crippen LogP contribution is -2.51. The fraction of sp³-hybridized carbons (Fsp3) is 0.700. The summed E-state index contributed by atoms with van der Waals surface area (Å²) in [5, 5.41) is 3.50. The Morgan fingerprint density at radius 1 is 1.54 bits per heavy atom. The largest absolute Gasteiger partial charge is 0.257 e. The molecule has 1 fully saturated rings. The molecule has 1 saturated heterocycles. The van der Waals surface area contributed by atoms with Gasteiger partial charge in [-0.2, -0.15) is 4.68 Å².